The molecule has 0 spiro atoms. The van der Waals surface area contributed by atoms with Gasteiger partial charge in [-0.15, -0.1) is 0 Å². The Morgan fingerprint density at radius 1 is 1.04 bits per heavy atom. The van der Waals surface area contributed by atoms with Gasteiger partial charge >= 0.3 is 24.0 Å². The van der Waals surface area contributed by atoms with E-state index in [0.717, 1.165) is 0 Å². The van der Waals surface area contributed by atoms with Crippen LogP contribution < -0.4 is 5.32 Å². The quantitative estimate of drug-likeness (QED) is 0.564. The molecule has 0 aliphatic heterocycles. The zero-order valence-corrected chi connectivity index (χ0v) is 12.4. The zero-order valence-electron chi connectivity index (χ0n) is 12.4. The molecule has 1 N–H and O–H groups in total. The standard InChI is InChI=1S/C12H16F7NO3/c1-4-5-23-8(21)7(6(2)3)20-9(22)10(13,14)11(15,16)12(17,18)19/h6-7H,4-5H2,1-3H3,(H,20,22). The Morgan fingerprint density at radius 2 is 1.52 bits per heavy atom. The third-order valence-corrected chi connectivity index (χ3v) is 2.69. The monoisotopic (exact) mass is 355 g/mol. The van der Waals surface area contributed by atoms with E-state index in [0.29, 0.717) is 6.42 Å². The van der Waals surface area contributed by atoms with Crippen LogP contribution >= 0.6 is 0 Å². The summed E-state index contributed by atoms with van der Waals surface area (Å²) in [4.78, 5) is 22.8. The Morgan fingerprint density at radius 3 is 1.87 bits per heavy atom. The number of carbonyl (C=O) groups excluding carboxylic acids is 2. The normalized spacial score (nSPS) is 14.6. The van der Waals surface area contributed by atoms with Crippen LogP contribution in [0.1, 0.15) is 27.2 Å². The summed E-state index contributed by atoms with van der Waals surface area (Å²) < 4.78 is 92.5. The van der Waals surface area contributed by atoms with Crippen molar-refractivity contribution in [1.82, 2.24) is 5.32 Å². The fraction of sp³-hybridized carbons (Fsp3) is 0.833. The van der Waals surface area contributed by atoms with Gasteiger partial charge in [0, 0.05) is 0 Å². The predicted molar refractivity (Wildman–Crippen MR) is 64.0 cm³/mol. The van der Waals surface area contributed by atoms with Crippen LogP contribution in [0.4, 0.5) is 30.7 Å². The van der Waals surface area contributed by atoms with Gasteiger partial charge in [-0.1, -0.05) is 20.8 Å². The van der Waals surface area contributed by atoms with Crippen LogP contribution in [0, 0.1) is 5.92 Å². The second-order valence-electron chi connectivity index (χ2n) is 5.01. The number of nitrogens with one attached hydrogen (secondary N) is 1. The number of carbonyl (C=O) groups is 2. The Balaban J connectivity index is 5.31. The van der Waals surface area contributed by atoms with Crippen LogP contribution in [0.2, 0.25) is 0 Å². The molecule has 0 saturated carbocycles. The van der Waals surface area contributed by atoms with E-state index in [2.05, 4.69) is 4.74 Å². The number of halogens is 7. The summed E-state index contributed by atoms with van der Waals surface area (Å²) in [5.74, 6) is -17.7. The van der Waals surface area contributed by atoms with Gasteiger partial charge in [0.25, 0.3) is 5.91 Å². The number of rotatable bonds is 7. The predicted octanol–water partition coefficient (Wildman–Crippen LogP) is 2.91. The summed E-state index contributed by atoms with van der Waals surface area (Å²) in [6.07, 6.45) is -6.28. The van der Waals surface area contributed by atoms with E-state index in [1.165, 1.54) is 19.2 Å². The molecule has 0 aromatic rings. The highest BCUT2D eigenvalue weighted by atomic mass is 19.4. The van der Waals surface area contributed by atoms with Gasteiger partial charge in [-0.25, -0.2) is 4.79 Å². The molecule has 4 nitrogen and oxygen atoms in total. The highest BCUT2D eigenvalue weighted by Crippen LogP contribution is 2.46. The molecule has 0 aromatic heterocycles. The topological polar surface area (TPSA) is 55.4 Å². The fourth-order valence-corrected chi connectivity index (χ4v) is 1.34. The molecule has 0 heterocycles. The maximum Gasteiger partial charge on any atom is 0.460 e. The molecule has 0 rings (SSSR count). The SMILES string of the molecule is CCCOC(=O)C(NC(=O)C(F)(F)C(F)(F)C(F)(F)F)C(C)C. The summed E-state index contributed by atoms with van der Waals surface area (Å²) in [7, 11) is 0. The maximum atomic E-state index is 13.2. The van der Waals surface area contributed by atoms with Gasteiger partial charge in [-0.2, -0.15) is 30.7 Å². The van der Waals surface area contributed by atoms with Crippen LogP contribution in [-0.2, 0) is 14.3 Å². The van der Waals surface area contributed by atoms with Crippen molar-refractivity contribution in [3.8, 4) is 0 Å². The first-order valence-electron chi connectivity index (χ1n) is 6.50. The fourth-order valence-electron chi connectivity index (χ4n) is 1.34. The third kappa shape index (κ3) is 4.71. The van der Waals surface area contributed by atoms with Crippen molar-refractivity contribution in [2.75, 3.05) is 6.61 Å². The molecule has 136 valence electrons. The largest absolute Gasteiger partial charge is 0.464 e. The number of esters is 1. The first-order valence-corrected chi connectivity index (χ1v) is 6.50. The van der Waals surface area contributed by atoms with Gasteiger partial charge in [0.1, 0.15) is 6.04 Å². The van der Waals surface area contributed by atoms with E-state index < -0.39 is 41.9 Å². The lowest BCUT2D eigenvalue weighted by atomic mass is 10.0. The molecule has 23 heavy (non-hydrogen) atoms. The van der Waals surface area contributed by atoms with Gasteiger partial charge in [-0.3, -0.25) is 4.79 Å². The molecular formula is C12H16F7NO3. The Bertz CT molecular complexity index is 435. The minimum Gasteiger partial charge on any atom is -0.464 e. The van der Waals surface area contributed by atoms with Crippen LogP contribution in [0.25, 0.3) is 0 Å². The first-order chi connectivity index (χ1) is 10.2. The number of alkyl halides is 7. The summed E-state index contributed by atoms with van der Waals surface area (Å²) in [5.41, 5.74) is 0. The van der Waals surface area contributed by atoms with E-state index in [4.69, 9.17) is 0 Å². The molecule has 0 radical (unpaired) electrons. The molecule has 1 atom stereocenters. The molecule has 0 saturated heterocycles. The molecule has 0 aliphatic rings. The molecule has 11 heteroatoms. The Labute approximate surface area is 127 Å². The van der Waals surface area contributed by atoms with Crippen LogP contribution in [0.3, 0.4) is 0 Å². The Hall–Kier alpha value is -1.55. The van der Waals surface area contributed by atoms with Crippen molar-refractivity contribution >= 4 is 11.9 Å². The molecule has 0 fully saturated rings. The number of hydrogen-bond donors (Lipinski definition) is 1. The van der Waals surface area contributed by atoms with Gasteiger partial charge in [-0.05, 0) is 12.3 Å². The Kier molecular flexibility index (Phi) is 6.85. The molecule has 0 bridgehead atoms. The second-order valence-corrected chi connectivity index (χ2v) is 5.01. The highest BCUT2D eigenvalue weighted by molar-refractivity contribution is 5.89. The van der Waals surface area contributed by atoms with E-state index >= 15 is 0 Å². The smallest absolute Gasteiger partial charge is 0.460 e. The summed E-state index contributed by atoms with van der Waals surface area (Å²) in [6, 6.07) is -1.79. The maximum absolute atomic E-state index is 13.2. The lowest BCUT2D eigenvalue weighted by Gasteiger charge is -2.29. The minimum atomic E-state index is -6.64. The summed E-state index contributed by atoms with van der Waals surface area (Å²) in [5, 5.41) is 1.20. The molecule has 1 unspecified atom stereocenters. The van der Waals surface area contributed by atoms with Crippen molar-refractivity contribution in [3.05, 3.63) is 0 Å². The first kappa shape index (κ1) is 21.4. The van der Waals surface area contributed by atoms with Crippen LogP contribution in [0.15, 0.2) is 0 Å². The van der Waals surface area contributed by atoms with Crippen LogP contribution in [0.5, 0.6) is 0 Å². The van der Waals surface area contributed by atoms with E-state index in [-0.39, 0.29) is 6.61 Å². The summed E-state index contributed by atoms with van der Waals surface area (Å²) >= 11 is 0. The lowest BCUT2D eigenvalue weighted by molar-refractivity contribution is -0.344. The molecule has 1 amide bonds. The van der Waals surface area contributed by atoms with E-state index in [9.17, 15) is 40.3 Å². The van der Waals surface area contributed by atoms with Crippen molar-refractivity contribution in [1.29, 1.82) is 0 Å². The van der Waals surface area contributed by atoms with Crippen molar-refractivity contribution in [2.24, 2.45) is 5.92 Å². The second kappa shape index (κ2) is 7.35. The number of hydrogen-bond acceptors (Lipinski definition) is 3. The van der Waals surface area contributed by atoms with Gasteiger partial charge < -0.3 is 10.1 Å². The molecule has 0 aliphatic carbocycles. The van der Waals surface area contributed by atoms with Crippen molar-refractivity contribution in [3.63, 3.8) is 0 Å². The average Bonchev–Trinajstić information content (AvgIpc) is 2.39. The van der Waals surface area contributed by atoms with Gasteiger partial charge in [0.15, 0.2) is 0 Å². The zero-order chi connectivity index (χ0) is 18.6. The number of ether oxygens (including phenoxy) is 1. The average molecular weight is 355 g/mol. The summed E-state index contributed by atoms with van der Waals surface area (Å²) in [6.45, 7) is 4.00. The third-order valence-electron chi connectivity index (χ3n) is 2.69. The minimum absolute atomic E-state index is 0.132. The van der Waals surface area contributed by atoms with Crippen molar-refractivity contribution in [2.45, 2.75) is 51.3 Å². The van der Waals surface area contributed by atoms with Crippen molar-refractivity contribution < 1.29 is 45.1 Å². The number of amides is 1. The molecular weight excluding hydrogens is 339 g/mol. The van der Waals surface area contributed by atoms with E-state index in [1.807, 2.05) is 0 Å². The highest BCUT2D eigenvalue weighted by Gasteiger charge is 2.76. The van der Waals surface area contributed by atoms with Crippen LogP contribution in [-0.4, -0.2) is 42.5 Å². The lowest BCUT2D eigenvalue weighted by Crippen LogP contribution is -2.62. The van der Waals surface area contributed by atoms with E-state index in [1.54, 1.807) is 6.92 Å². The molecule has 0 aromatic carbocycles. The van der Waals surface area contributed by atoms with Gasteiger partial charge in [0.2, 0.25) is 0 Å². The van der Waals surface area contributed by atoms with Gasteiger partial charge in [0.05, 0.1) is 6.61 Å².